The van der Waals surface area contributed by atoms with Crippen LogP contribution in [0.1, 0.15) is 95.2 Å². The van der Waals surface area contributed by atoms with Gasteiger partial charge in [0, 0.05) is 10.8 Å². The van der Waals surface area contributed by atoms with Crippen LogP contribution in [0.15, 0.2) is 36.4 Å². The fourth-order valence-electron chi connectivity index (χ4n) is 4.58. The maximum Gasteiger partial charge on any atom is 0.0715 e. The predicted molar refractivity (Wildman–Crippen MR) is 129 cm³/mol. The first kappa shape index (κ1) is 21.8. The number of benzene rings is 2. The molecule has 0 fully saturated rings. The summed E-state index contributed by atoms with van der Waals surface area (Å²) in [6.07, 6.45) is 15.4. The van der Waals surface area contributed by atoms with E-state index < -0.39 is 0 Å². The Bertz CT molecular complexity index is 909. The fraction of sp³-hybridized carbons (Fsp3) is 0.536. The summed E-state index contributed by atoms with van der Waals surface area (Å²) in [6.45, 7) is 6.91. The number of hydrogen-bond donors (Lipinski definition) is 0. The lowest BCUT2D eigenvalue weighted by molar-refractivity contribution is 0.680. The molecule has 0 bridgehead atoms. The summed E-state index contributed by atoms with van der Waals surface area (Å²) in [6, 6.07) is 13.4. The first-order valence-corrected chi connectivity index (χ1v) is 12.1. The molecule has 0 amide bonds. The number of aryl methyl sites for hydroxylation is 2. The molecule has 0 aliphatic rings. The third-order valence-electron chi connectivity index (χ3n) is 6.25. The molecule has 0 saturated carbocycles. The molecule has 29 heavy (non-hydrogen) atoms. The number of aromatic nitrogens is 1. The van der Waals surface area contributed by atoms with Crippen LogP contribution in [0.3, 0.4) is 0 Å². The van der Waals surface area contributed by atoms with Gasteiger partial charge in [0.15, 0.2) is 0 Å². The predicted octanol–water partition coefficient (Wildman–Crippen LogP) is 8.59. The van der Waals surface area contributed by atoms with Gasteiger partial charge in [-0.05, 0) is 73.4 Å². The van der Waals surface area contributed by atoms with Gasteiger partial charge in [-0.3, -0.25) is 0 Å². The third kappa shape index (κ3) is 5.59. The van der Waals surface area contributed by atoms with Crippen molar-refractivity contribution in [2.75, 3.05) is 0 Å². The molecule has 0 N–H and O–H groups in total. The van der Waals surface area contributed by atoms with Gasteiger partial charge in [-0.15, -0.1) is 0 Å². The van der Waals surface area contributed by atoms with Crippen molar-refractivity contribution in [2.24, 2.45) is 0 Å². The van der Waals surface area contributed by atoms with Crippen molar-refractivity contribution in [3.63, 3.8) is 0 Å². The van der Waals surface area contributed by atoms with Crippen LogP contribution in [0.2, 0.25) is 0 Å². The molecule has 0 aliphatic heterocycles. The van der Waals surface area contributed by atoms with Crippen LogP contribution < -0.4 is 0 Å². The topological polar surface area (TPSA) is 12.9 Å². The van der Waals surface area contributed by atoms with Crippen LogP contribution >= 0.6 is 0 Å². The lowest BCUT2D eigenvalue weighted by atomic mass is 9.87. The van der Waals surface area contributed by atoms with Crippen molar-refractivity contribution < 1.29 is 0 Å². The van der Waals surface area contributed by atoms with Gasteiger partial charge in [-0.1, -0.05) is 77.5 Å². The largest absolute Gasteiger partial charge is 0.248 e. The zero-order valence-electron chi connectivity index (χ0n) is 18.9. The highest BCUT2D eigenvalue weighted by molar-refractivity contribution is 5.95. The Balaban J connectivity index is 2.12. The highest BCUT2D eigenvalue weighted by Crippen LogP contribution is 2.31. The Hall–Kier alpha value is -1.89. The molecule has 1 aromatic heterocycles. The number of rotatable bonds is 12. The van der Waals surface area contributed by atoms with Crippen LogP contribution in [0, 0.1) is 0 Å². The van der Waals surface area contributed by atoms with Crippen molar-refractivity contribution in [2.45, 2.75) is 97.8 Å². The average Bonchev–Trinajstić information content (AvgIpc) is 2.74. The number of pyridine rings is 1. The molecule has 1 nitrogen and oxygen atoms in total. The minimum absolute atomic E-state index is 1.12. The van der Waals surface area contributed by atoms with Crippen LogP contribution in [-0.4, -0.2) is 4.98 Å². The van der Waals surface area contributed by atoms with E-state index in [0.717, 1.165) is 5.52 Å². The molecular weight excluding hydrogens is 350 g/mol. The SMILES string of the molecule is CCCCCc1cc2nc3ccccc3cc2c(CCCCC)c1CCCCC. The van der Waals surface area contributed by atoms with Crippen LogP contribution in [0.25, 0.3) is 21.8 Å². The maximum absolute atomic E-state index is 5.09. The molecule has 3 rings (SSSR count). The monoisotopic (exact) mass is 389 g/mol. The Labute approximate surface area is 177 Å². The van der Waals surface area contributed by atoms with Crippen LogP contribution in [0.5, 0.6) is 0 Å². The maximum atomic E-state index is 5.09. The van der Waals surface area contributed by atoms with Gasteiger partial charge < -0.3 is 0 Å². The van der Waals surface area contributed by atoms with E-state index in [4.69, 9.17) is 4.98 Å². The summed E-state index contributed by atoms with van der Waals surface area (Å²) >= 11 is 0. The molecule has 1 heterocycles. The summed E-state index contributed by atoms with van der Waals surface area (Å²) in [4.78, 5) is 5.09. The van der Waals surface area contributed by atoms with Crippen molar-refractivity contribution >= 4 is 21.8 Å². The fourth-order valence-corrected chi connectivity index (χ4v) is 4.58. The molecule has 0 unspecified atom stereocenters. The highest BCUT2D eigenvalue weighted by Gasteiger charge is 2.15. The van der Waals surface area contributed by atoms with Gasteiger partial charge in [0.25, 0.3) is 0 Å². The van der Waals surface area contributed by atoms with Gasteiger partial charge in [0.1, 0.15) is 0 Å². The van der Waals surface area contributed by atoms with Crippen molar-refractivity contribution in [1.29, 1.82) is 0 Å². The first-order valence-electron chi connectivity index (χ1n) is 12.1. The molecule has 1 heteroatoms. The number of unbranched alkanes of at least 4 members (excludes halogenated alkanes) is 6. The Morgan fingerprint density at radius 2 is 1.24 bits per heavy atom. The number of para-hydroxylation sites is 1. The van der Waals surface area contributed by atoms with E-state index in [1.807, 2.05) is 0 Å². The Kier molecular flexibility index (Phi) is 8.52. The van der Waals surface area contributed by atoms with Crippen molar-refractivity contribution in [3.8, 4) is 0 Å². The second kappa shape index (κ2) is 11.3. The molecule has 156 valence electrons. The van der Waals surface area contributed by atoms with Gasteiger partial charge in [-0.25, -0.2) is 4.98 Å². The third-order valence-corrected chi connectivity index (χ3v) is 6.25. The van der Waals surface area contributed by atoms with E-state index >= 15 is 0 Å². The van der Waals surface area contributed by atoms with Gasteiger partial charge in [0.05, 0.1) is 11.0 Å². The number of nitrogens with zero attached hydrogens (tertiary/aromatic N) is 1. The zero-order valence-corrected chi connectivity index (χ0v) is 18.9. The zero-order chi connectivity index (χ0) is 20.5. The minimum atomic E-state index is 1.12. The summed E-state index contributed by atoms with van der Waals surface area (Å²) in [5.74, 6) is 0. The minimum Gasteiger partial charge on any atom is -0.248 e. The standard InChI is InChI=1S/C28H39N/c1-4-7-10-15-22-21-28-26(20-23-16-13-14-19-27(23)29-28)25(18-12-9-6-3)24(22)17-11-8-5-2/h13-14,16,19-21H,4-12,15,17-18H2,1-3H3. The van der Waals surface area contributed by atoms with E-state index in [-0.39, 0.29) is 0 Å². The summed E-state index contributed by atoms with van der Waals surface area (Å²) in [7, 11) is 0. The van der Waals surface area contributed by atoms with Crippen molar-refractivity contribution in [1.82, 2.24) is 4.98 Å². The van der Waals surface area contributed by atoms with Gasteiger partial charge >= 0.3 is 0 Å². The quantitative estimate of drug-likeness (QED) is 0.223. The summed E-state index contributed by atoms with van der Waals surface area (Å²) in [5.41, 5.74) is 7.18. The lowest BCUT2D eigenvalue weighted by Crippen LogP contribution is -2.04. The number of fused-ring (bicyclic) bond motifs is 2. The molecular formula is C28H39N. The molecule has 3 aromatic rings. The molecule has 0 atom stereocenters. The number of hydrogen-bond acceptors (Lipinski definition) is 1. The van der Waals surface area contributed by atoms with Crippen molar-refractivity contribution in [3.05, 3.63) is 53.1 Å². The van der Waals surface area contributed by atoms with Crippen LogP contribution in [-0.2, 0) is 19.3 Å². The van der Waals surface area contributed by atoms with E-state index in [2.05, 4.69) is 57.2 Å². The smallest absolute Gasteiger partial charge is 0.0715 e. The van der Waals surface area contributed by atoms with E-state index in [1.165, 1.54) is 93.3 Å². The molecule has 2 aromatic carbocycles. The summed E-state index contributed by atoms with van der Waals surface area (Å²) < 4.78 is 0. The second-order valence-corrected chi connectivity index (χ2v) is 8.61. The van der Waals surface area contributed by atoms with E-state index in [1.54, 1.807) is 16.7 Å². The first-order chi connectivity index (χ1) is 14.3. The van der Waals surface area contributed by atoms with E-state index in [0.29, 0.717) is 0 Å². The molecule has 0 radical (unpaired) electrons. The lowest BCUT2D eigenvalue weighted by Gasteiger charge is -2.19. The average molecular weight is 390 g/mol. The normalized spacial score (nSPS) is 11.6. The van der Waals surface area contributed by atoms with E-state index in [9.17, 15) is 0 Å². The summed E-state index contributed by atoms with van der Waals surface area (Å²) in [5, 5.41) is 2.68. The Morgan fingerprint density at radius 3 is 1.93 bits per heavy atom. The van der Waals surface area contributed by atoms with Gasteiger partial charge in [-0.2, -0.15) is 0 Å². The molecule has 0 saturated heterocycles. The highest BCUT2D eigenvalue weighted by atomic mass is 14.7. The second-order valence-electron chi connectivity index (χ2n) is 8.61. The Morgan fingerprint density at radius 1 is 0.621 bits per heavy atom. The van der Waals surface area contributed by atoms with Gasteiger partial charge in [0.2, 0.25) is 0 Å². The molecule has 0 spiro atoms. The van der Waals surface area contributed by atoms with Crippen LogP contribution in [0.4, 0.5) is 0 Å². The molecule has 0 aliphatic carbocycles.